The summed E-state index contributed by atoms with van der Waals surface area (Å²) in [6, 6.07) is -0.329. The van der Waals surface area contributed by atoms with E-state index < -0.39 is 0 Å². The number of rotatable bonds is 5. The van der Waals surface area contributed by atoms with Crippen molar-refractivity contribution in [1.29, 1.82) is 0 Å². The first-order valence-corrected chi connectivity index (χ1v) is 9.21. The van der Waals surface area contributed by atoms with Crippen LogP contribution < -0.4 is 0 Å². The van der Waals surface area contributed by atoms with Crippen LogP contribution in [0.25, 0.3) is 0 Å². The molecule has 0 saturated carbocycles. The van der Waals surface area contributed by atoms with E-state index in [9.17, 15) is 9.59 Å². The highest BCUT2D eigenvalue weighted by atomic mass is 32.1. The fourth-order valence-electron chi connectivity index (χ4n) is 2.82. The molecule has 2 rings (SSSR count). The van der Waals surface area contributed by atoms with Crippen molar-refractivity contribution in [2.45, 2.75) is 58.9 Å². The van der Waals surface area contributed by atoms with Crippen LogP contribution in [-0.4, -0.2) is 52.8 Å². The summed E-state index contributed by atoms with van der Waals surface area (Å²) in [6.45, 7) is 9.35. The normalized spacial score (nSPS) is 18.9. The molecule has 1 aromatic heterocycles. The minimum Gasteiger partial charge on any atom is -0.342 e. The molecule has 23 heavy (non-hydrogen) atoms. The van der Waals surface area contributed by atoms with Gasteiger partial charge in [0.15, 0.2) is 0 Å². The highest BCUT2D eigenvalue weighted by Crippen LogP contribution is 2.27. The second-order valence-corrected chi connectivity index (χ2v) is 7.57. The molecule has 2 heterocycles. The molecule has 0 N–H and O–H groups in total. The van der Waals surface area contributed by atoms with E-state index in [0.717, 1.165) is 30.0 Å². The summed E-state index contributed by atoms with van der Waals surface area (Å²) in [5.74, 6) is 0.337. The maximum atomic E-state index is 13.0. The van der Waals surface area contributed by atoms with Crippen molar-refractivity contribution in [3.8, 4) is 0 Å². The Bertz CT molecular complexity index is 582. The molecule has 0 radical (unpaired) electrons. The number of likely N-dealkylation sites (N-methyl/N-ethyl adjacent to an activating group) is 1. The Kier molecular flexibility index (Phi) is 5.79. The molecular formula is C17H27N3O2S. The standard InChI is InChI=1S/C17H27N3O2S/c1-6-7-8-13-16(21)19(5)9-10-20(13)17(22)14-12(4)18-15(23-14)11(2)3/h11,13H,6-10H2,1-5H3/t13-/m0/s1. The zero-order chi connectivity index (χ0) is 17.1. The van der Waals surface area contributed by atoms with E-state index in [-0.39, 0.29) is 17.9 Å². The number of thiazole rings is 1. The van der Waals surface area contributed by atoms with Gasteiger partial charge in [-0.05, 0) is 13.3 Å². The summed E-state index contributed by atoms with van der Waals surface area (Å²) in [4.78, 5) is 34.2. The minimum absolute atomic E-state index is 0.0329. The predicted octanol–water partition coefficient (Wildman–Crippen LogP) is 3.05. The van der Waals surface area contributed by atoms with E-state index in [1.54, 1.807) is 9.80 Å². The minimum atomic E-state index is -0.329. The molecule has 0 aromatic carbocycles. The lowest BCUT2D eigenvalue weighted by Gasteiger charge is -2.39. The van der Waals surface area contributed by atoms with Gasteiger partial charge in [-0.1, -0.05) is 33.6 Å². The van der Waals surface area contributed by atoms with Gasteiger partial charge in [0, 0.05) is 26.1 Å². The van der Waals surface area contributed by atoms with Gasteiger partial charge in [-0.25, -0.2) is 4.98 Å². The Morgan fingerprint density at radius 3 is 2.65 bits per heavy atom. The average Bonchev–Trinajstić information content (AvgIpc) is 2.90. The largest absolute Gasteiger partial charge is 0.342 e. The molecule has 128 valence electrons. The molecule has 2 amide bonds. The molecule has 1 aliphatic rings. The van der Waals surface area contributed by atoms with Crippen molar-refractivity contribution in [2.75, 3.05) is 20.1 Å². The monoisotopic (exact) mass is 337 g/mol. The van der Waals surface area contributed by atoms with Crippen LogP contribution in [-0.2, 0) is 4.79 Å². The second-order valence-electron chi connectivity index (χ2n) is 6.54. The van der Waals surface area contributed by atoms with Gasteiger partial charge < -0.3 is 9.80 Å². The first-order chi connectivity index (χ1) is 10.9. The van der Waals surface area contributed by atoms with E-state index in [1.165, 1.54) is 11.3 Å². The average molecular weight is 337 g/mol. The molecule has 1 atom stereocenters. The molecule has 0 aliphatic carbocycles. The van der Waals surface area contributed by atoms with Crippen LogP contribution in [0.5, 0.6) is 0 Å². The fraction of sp³-hybridized carbons (Fsp3) is 0.706. The van der Waals surface area contributed by atoms with Gasteiger partial charge >= 0.3 is 0 Å². The molecule has 1 aromatic rings. The number of carbonyl (C=O) groups excluding carboxylic acids is 2. The molecule has 6 heteroatoms. The summed E-state index contributed by atoms with van der Waals surface area (Å²) in [5, 5.41) is 0.983. The van der Waals surface area contributed by atoms with Crippen molar-refractivity contribution in [1.82, 2.24) is 14.8 Å². The lowest BCUT2D eigenvalue weighted by Crippen LogP contribution is -2.57. The lowest BCUT2D eigenvalue weighted by atomic mass is 10.0. The van der Waals surface area contributed by atoms with Crippen molar-refractivity contribution in [3.05, 3.63) is 15.6 Å². The number of carbonyl (C=O) groups is 2. The highest BCUT2D eigenvalue weighted by Gasteiger charge is 2.37. The number of unbranched alkanes of at least 4 members (excludes halogenated alkanes) is 1. The second kappa shape index (κ2) is 7.43. The topological polar surface area (TPSA) is 53.5 Å². The summed E-state index contributed by atoms with van der Waals surface area (Å²) < 4.78 is 0. The first kappa shape index (κ1) is 17.9. The third kappa shape index (κ3) is 3.74. The maximum absolute atomic E-state index is 13.0. The van der Waals surface area contributed by atoms with E-state index in [2.05, 4.69) is 25.8 Å². The van der Waals surface area contributed by atoms with Crippen molar-refractivity contribution < 1.29 is 9.59 Å². The highest BCUT2D eigenvalue weighted by molar-refractivity contribution is 7.13. The molecule has 1 aliphatic heterocycles. The predicted molar refractivity (Wildman–Crippen MR) is 92.9 cm³/mol. The van der Waals surface area contributed by atoms with Crippen LogP contribution in [0.2, 0.25) is 0 Å². The molecule has 1 fully saturated rings. The van der Waals surface area contributed by atoms with Gasteiger partial charge in [0.25, 0.3) is 5.91 Å². The van der Waals surface area contributed by atoms with Crippen LogP contribution in [0.1, 0.15) is 66.3 Å². The van der Waals surface area contributed by atoms with Crippen LogP contribution in [0.15, 0.2) is 0 Å². The molecule has 0 spiro atoms. The number of piperazine rings is 1. The SMILES string of the molecule is CCCC[C@H]1C(=O)N(C)CCN1C(=O)c1sc(C(C)C)nc1C. The van der Waals surface area contributed by atoms with E-state index in [1.807, 2.05) is 14.0 Å². The number of aromatic nitrogens is 1. The van der Waals surface area contributed by atoms with E-state index in [4.69, 9.17) is 0 Å². The van der Waals surface area contributed by atoms with E-state index >= 15 is 0 Å². The Hall–Kier alpha value is -1.43. The molecule has 0 bridgehead atoms. The maximum Gasteiger partial charge on any atom is 0.266 e. The summed E-state index contributed by atoms with van der Waals surface area (Å²) in [5.41, 5.74) is 0.782. The van der Waals surface area contributed by atoms with Gasteiger partial charge in [-0.3, -0.25) is 9.59 Å². The summed E-state index contributed by atoms with van der Waals surface area (Å²) in [6.07, 6.45) is 2.71. The van der Waals surface area contributed by atoms with Crippen molar-refractivity contribution >= 4 is 23.2 Å². The number of hydrogen-bond acceptors (Lipinski definition) is 4. The van der Waals surface area contributed by atoms with Gasteiger partial charge in [0.1, 0.15) is 10.9 Å². The van der Waals surface area contributed by atoms with Gasteiger partial charge in [-0.2, -0.15) is 0 Å². The number of aryl methyl sites for hydroxylation is 1. The van der Waals surface area contributed by atoms with Gasteiger partial charge in [0.2, 0.25) is 5.91 Å². The van der Waals surface area contributed by atoms with Gasteiger partial charge in [-0.15, -0.1) is 11.3 Å². The summed E-state index contributed by atoms with van der Waals surface area (Å²) >= 11 is 1.47. The van der Waals surface area contributed by atoms with Gasteiger partial charge in [0.05, 0.1) is 10.7 Å². The molecular weight excluding hydrogens is 310 g/mol. The Morgan fingerprint density at radius 2 is 2.09 bits per heavy atom. The van der Waals surface area contributed by atoms with Crippen LogP contribution in [0.4, 0.5) is 0 Å². The Morgan fingerprint density at radius 1 is 1.39 bits per heavy atom. The van der Waals surface area contributed by atoms with Crippen molar-refractivity contribution in [3.63, 3.8) is 0 Å². The van der Waals surface area contributed by atoms with Crippen LogP contribution in [0, 0.1) is 6.92 Å². The molecule has 0 unspecified atom stereocenters. The van der Waals surface area contributed by atoms with Crippen molar-refractivity contribution in [2.24, 2.45) is 0 Å². The number of amides is 2. The molecule has 5 nitrogen and oxygen atoms in total. The third-order valence-electron chi connectivity index (χ3n) is 4.31. The fourth-order valence-corrected chi connectivity index (χ4v) is 3.85. The summed E-state index contributed by atoms with van der Waals surface area (Å²) in [7, 11) is 1.82. The van der Waals surface area contributed by atoms with E-state index in [0.29, 0.717) is 23.9 Å². The smallest absolute Gasteiger partial charge is 0.266 e. The number of hydrogen-bond donors (Lipinski definition) is 0. The molecule has 1 saturated heterocycles. The number of nitrogens with zero attached hydrogens (tertiary/aromatic N) is 3. The first-order valence-electron chi connectivity index (χ1n) is 8.40. The lowest BCUT2D eigenvalue weighted by molar-refractivity contribution is -0.138. The zero-order valence-corrected chi connectivity index (χ0v) is 15.6. The van der Waals surface area contributed by atoms with Crippen LogP contribution in [0.3, 0.4) is 0 Å². The quantitative estimate of drug-likeness (QED) is 0.830. The Labute approximate surface area is 142 Å². The zero-order valence-electron chi connectivity index (χ0n) is 14.8. The third-order valence-corrected chi connectivity index (χ3v) is 5.75. The van der Waals surface area contributed by atoms with Crippen LogP contribution >= 0.6 is 11.3 Å². The Balaban J connectivity index is 2.26.